The van der Waals surface area contributed by atoms with Gasteiger partial charge in [0.25, 0.3) is 5.56 Å². The molecule has 0 aliphatic rings. The Kier molecular flexibility index (Phi) is 5.59. The van der Waals surface area contributed by atoms with Gasteiger partial charge in [0.1, 0.15) is 31.9 Å². The number of H-pyrrole nitrogens is 1. The molecule has 1 atom stereocenters. The van der Waals surface area contributed by atoms with Crippen LogP contribution in [-0.2, 0) is 15.8 Å². The maximum Gasteiger partial charge on any atom is 0.261 e. The third-order valence-corrected chi connectivity index (χ3v) is 6.84. The van der Waals surface area contributed by atoms with Crippen LogP contribution in [0.3, 0.4) is 0 Å². The molecule has 2 rings (SSSR count). The summed E-state index contributed by atoms with van der Waals surface area (Å²) in [5.41, 5.74) is 5.58. The number of ether oxygens (including phenoxy) is 1. The molecule has 0 fully saturated rings. The van der Waals surface area contributed by atoms with Crippen LogP contribution in [0.2, 0.25) is 0 Å². The molecule has 0 unspecified atom stereocenters. The van der Waals surface area contributed by atoms with Crippen LogP contribution >= 0.6 is 7.14 Å². The molecule has 3 N–H and O–H groups in total. The number of alkyl halides is 1. The average Bonchev–Trinajstić information content (AvgIpc) is 2.94. The molecule has 128 valence electrons. The van der Waals surface area contributed by atoms with E-state index in [1.165, 1.54) is 0 Å². The number of rotatable bonds is 8. The highest BCUT2D eigenvalue weighted by Crippen LogP contribution is 2.44. The van der Waals surface area contributed by atoms with Gasteiger partial charge in [-0.05, 0) is 6.07 Å². The summed E-state index contributed by atoms with van der Waals surface area (Å²) in [6, 6.07) is 1.60. The highest BCUT2D eigenvalue weighted by atomic mass is 31.2. The second-order valence-corrected chi connectivity index (χ2v) is 9.06. The van der Waals surface area contributed by atoms with Crippen molar-refractivity contribution in [1.82, 2.24) is 14.5 Å². The lowest BCUT2D eigenvalue weighted by molar-refractivity contribution is 0.0522. The Bertz CT molecular complexity index is 765. The molecular weight excluding hydrogens is 322 g/mol. The van der Waals surface area contributed by atoms with Gasteiger partial charge >= 0.3 is 0 Å². The lowest BCUT2D eigenvalue weighted by Crippen LogP contribution is -2.23. The molecule has 0 saturated carbocycles. The van der Waals surface area contributed by atoms with Crippen LogP contribution in [0.1, 0.15) is 13.8 Å². The molecular formula is C14H22FN4O3P. The van der Waals surface area contributed by atoms with Gasteiger partial charge in [-0.2, -0.15) is 4.98 Å². The summed E-state index contributed by atoms with van der Waals surface area (Å²) in [6.07, 6.45) is 2.01. The fourth-order valence-electron chi connectivity index (χ4n) is 2.25. The van der Waals surface area contributed by atoms with E-state index in [-0.39, 0.29) is 24.4 Å². The van der Waals surface area contributed by atoms with E-state index in [0.29, 0.717) is 23.4 Å². The van der Waals surface area contributed by atoms with E-state index in [2.05, 4.69) is 9.97 Å². The molecule has 2 aromatic heterocycles. The molecule has 23 heavy (non-hydrogen) atoms. The van der Waals surface area contributed by atoms with Crippen LogP contribution in [-0.4, -0.2) is 46.0 Å². The van der Waals surface area contributed by atoms with Crippen molar-refractivity contribution in [2.45, 2.75) is 26.5 Å². The summed E-state index contributed by atoms with van der Waals surface area (Å²) in [7, 11) is -2.39. The SMILES string of the molecule is CCP(=O)(CC)CO[C@H](CF)Cn1ccc2c(=O)[nH]c(N)nc21. The third kappa shape index (κ3) is 4.00. The minimum Gasteiger partial charge on any atom is -0.369 e. The second kappa shape index (κ2) is 7.27. The largest absolute Gasteiger partial charge is 0.369 e. The molecule has 7 nitrogen and oxygen atoms in total. The number of nitrogens with one attached hydrogen (secondary N) is 1. The highest BCUT2D eigenvalue weighted by Gasteiger charge is 2.21. The third-order valence-electron chi connectivity index (χ3n) is 3.92. The van der Waals surface area contributed by atoms with Gasteiger partial charge in [-0.1, -0.05) is 13.8 Å². The van der Waals surface area contributed by atoms with Crippen molar-refractivity contribution in [2.24, 2.45) is 0 Å². The van der Waals surface area contributed by atoms with Gasteiger partial charge in [-0.25, -0.2) is 4.39 Å². The maximum absolute atomic E-state index is 13.3. The van der Waals surface area contributed by atoms with E-state index in [4.69, 9.17) is 10.5 Å². The van der Waals surface area contributed by atoms with Crippen LogP contribution in [0.25, 0.3) is 11.0 Å². The van der Waals surface area contributed by atoms with E-state index in [9.17, 15) is 13.8 Å². The Balaban J connectivity index is 2.16. The number of hydrogen-bond donors (Lipinski definition) is 2. The number of nitrogens with zero attached hydrogens (tertiary/aromatic N) is 2. The van der Waals surface area contributed by atoms with E-state index in [0.717, 1.165) is 0 Å². The van der Waals surface area contributed by atoms with Gasteiger partial charge in [0, 0.05) is 18.5 Å². The lowest BCUT2D eigenvalue weighted by Gasteiger charge is -2.20. The Morgan fingerprint density at radius 2 is 2.17 bits per heavy atom. The Labute approximate surface area is 133 Å². The Morgan fingerprint density at radius 1 is 1.48 bits per heavy atom. The Hall–Kier alpha value is -1.66. The number of hydrogen-bond acceptors (Lipinski definition) is 5. The van der Waals surface area contributed by atoms with Gasteiger partial charge in [-0.15, -0.1) is 0 Å². The van der Waals surface area contributed by atoms with Crippen molar-refractivity contribution in [3.8, 4) is 0 Å². The molecule has 0 amide bonds. The van der Waals surface area contributed by atoms with Gasteiger partial charge in [0.15, 0.2) is 0 Å². The molecule has 0 bridgehead atoms. The maximum atomic E-state index is 13.3. The van der Waals surface area contributed by atoms with Gasteiger partial charge in [0.05, 0.1) is 11.9 Å². The van der Waals surface area contributed by atoms with Crippen LogP contribution in [0, 0.1) is 0 Å². The van der Waals surface area contributed by atoms with Gasteiger partial charge in [0.2, 0.25) is 5.95 Å². The van der Waals surface area contributed by atoms with Gasteiger partial charge < -0.3 is 19.6 Å². The van der Waals surface area contributed by atoms with Crippen molar-refractivity contribution in [3.05, 3.63) is 22.6 Å². The van der Waals surface area contributed by atoms with Crippen molar-refractivity contribution in [3.63, 3.8) is 0 Å². The first kappa shape index (κ1) is 17.7. The highest BCUT2D eigenvalue weighted by molar-refractivity contribution is 7.63. The number of anilines is 1. The van der Waals surface area contributed by atoms with Crippen molar-refractivity contribution >= 4 is 24.1 Å². The van der Waals surface area contributed by atoms with Gasteiger partial charge in [-0.3, -0.25) is 9.78 Å². The number of fused-ring (bicyclic) bond motifs is 1. The van der Waals surface area contributed by atoms with E-state index in [1.807, 2.05) is 13.8 Å². The zero-order valence-electron chi connectivity index (χ0n) is 13.3. The number of aromatic nitrogens is 3. The summed E-state index contributed by atoms with van der Waals surface area (Å²) >= 11 is 0. The predicted molar refractivity (Wildman–Crippen MR) is 89.2 cm³/mol. The Morgan fingerprint density at radius 3 is 2.78 bits per heavy atom. The standard InChI is InChI=1S/C14H22FN4O3P/c1-3-23(21,4-2)9-22-10(7-15)8-19-6-5-11-12(19)17-14(16)18-13(11)20/h5-6,10H,3-4,7-9H2,1-2H3,(H3,16,17,18,20)/t10-/m1/s1. The van der Waals surface area contributed by atoms with Crippen LogP contribution in [0.4, 0.5) is 10.3 Å². The fraction of sp³-hybridized carbons (Fsp3) is 0.571. The molecule has 0 saturated heterocycles. The molecule has 2 heterocycles. The number of aromatic amines is 1. The first-order chi connectivity index (χ1) is 10.9. The number of nitrogen functional groups attached to an aromatic ring is 1. The molecule has 9 heteroatoms. The van der Waals surface area contributed by atoms with Crippen molar-refractivity contribution in [1.29, 1.82) is 0 Å². The molecule has 0 radical (unpaired) electrons. The number of halogens is 1. The van der Waals surface area contributed by atoms with Crippen molar-refractivity contribution in [2.75, 3.05) is 31.1 Å². The smallest absolute Gasteiger partial charge is 0.261 e. The van der Waals surface area contributed by atoms with E-state index >= 15 is 0 Å². The average molecular weight is 344 g/mol. The summed E-state index contributed by atoms with van der Waals surface area (Å²) in [6.45, 7) is 3.14. The normalized spacial score (nSPS) is 13.5. The van der Waals surface area contributed by atoms with Crippen LogP contribution < -0.4 is 11.3 Å². The topological polar surface area (TPSA) is 103 Å². The minimum absolute atomic E-state index is 0.00151. The summed E-state index contributed by atoms with van der Waals surface area (Å²) in [4.78, 5) is 18.3. The quantitative estimate of drug-likeness (QED) is 0.713. The molecule has 2 aromatic rings. The first-order valence-electron chi connectivity index (χ1n) is 7.51. The zero-order chi connectivity index (χ0) is 17.0. The molecule has 0 spiro atoms. The fourth-order valence-corrected chi connectivity index (χ4v) is 3.55. The van der Waals surface area contributed by atoms with E-state index < -0.39 is 19.9 Å². The second-order valence-electron chi connectivity index (χ2n) is 5.42. The first-order valence-corrected chi connectivity index (χ1v) is 9.78. The summed E-state index contributed by atoms with van der Waals surface area (Å²) < 4.78 is 32.7. The molecule has 0 aromatic carbocycles. The number of nitrogens with two attached hydrogens (primary N) is 1. The van der Waals surface area contributed by atoms with E-state index in [1.54, 1.807) is 16.8 Å². The van der Waals surface area contributed by atoms with Crippen LogP contribution in [0.5, 0.6) is 0 Å². The van der Waals surface area contributed by atoms with Crippen molar-refractivity contribution < 1.29 is 13.7 Å². The summed E-state index contributed by atoms with van der Waals surface area (Å²) in [5, 5.41) is 0.379. The van der Waals surface area contributed by atoms with Crippen LogP contribution in [0.15, 0.2) is 17.1 Å². The monoisotopic (exact) mass is 344 g/mol. The zero-order valence-corrected chi connectivity index (χ0v) is 14.2. The molecule has 0 aliphatic carbocycles. The molecule has 0 aliphatic heterocycles. The summed E-state index contributed by atoms with van der Waals surface area (Å²) in [5.74, 6) is 0.00151. The minimum atomic E-state index is -2.39. The predicted octanol–water partition coefficient (Wildman–Crippen LogP) is 2.02. The lowest BCUT2D eigenvalue weighted by atomic mass is 10.4.